The first-order valence-corrected chi connectivity index (χ1v) is 7.07. The Kier molecular flexibility index (Phi) is 2.76. The van der Waals surface area contributed by atoms with E-state index in [2.05, 4.69) is 18.2 Å². The van der Waals surface area contributed by atoms with E-state index in [1.165, 1.54) is 29.7 Å². The second-order valence-corrected chi connectivity index (χ2v) is 5.93. The number of rotatable bonds is 3. The van der Waals surface area contributed by atoms with E-state index in [9.17, 15) is 4.79 Å². The summed E-state index contributed by atoms with van der Waals surface area (Å²) < 4.78 is 0. The average molecular weight is 232 g/mol. The van der Waals surface area contributed by atoms with Gasteiger partial charge < -0.3 is 0 Å². The molecule has 1 saturated carbocycles. The van der Waals surface area contributed by atoms with Crippen LogP contribution in [-0.2, 0) is 4.79 Å². The molecule has 0 amide bonds. The smallest absolute Gasteiger partial charge is 0.141 e. The molecule has 1 nitrogen and oxygen atoms in total. The second kappa shape index (κ2) is 4.25. The van der Waals surface area contributed by atoms with Gasteiger partial charge in [-0.05, 0) is 17.5 Å². The monoisotopic (exact) mass is 232 g/mol. The van der Waals surface area contributed by atoms with Gasteiger partial charge in [-0.2, -0.15) is 0 Å². The van der Waals surface area contributed by atoms with Crippen LogP contribution in [0.15, 0.2) is 29.2 Å². The van der Waals surface area contributed by atoms with Crippen LogP contribution in [0.1, 0.15) is 37.2 Å². The summed E-state index contributed by atoms with van der Waals surface area (Å²) >= 11 is 1.84. The highest BCUT2D eigenvalue weighted by atomic mass is 32.2. The summed E-state index contributed by atoms with van der Waals surface area (Å²) in [6.45, 7) is 0. The second-order valence-electron chi connectivity index (χ2n) is 4.87. The Labute approximate surface area is 101 Å². The number of fused-ring (bicyclic) bond motifs is 1. The lowest BCUT2D eigenvalue weighted by Crippen LogP contribution is -2.20. The van der Waals surface area contributed by atoms with Gasteiger partial charge in [-0.25, -0.2) is 0 Å². The zero-order valence-corrected chi connectivity index (χ0v) is 10.1. The first kappa shape index (κ1) is 10.4. The molecule has 1 aliphatic heterocycles. The van der Waals surface area contributed by atoms with Crippen LogP contribution in [0, 0.1) is 5.92 Å². The molecule has 1 aromatic rings. The average Bonchev–Trinajstić information content (AvgIpc) is 2.67. The maximum Gasteiger partial charge on any atom is 0.141 e. The van der Waals surface area contributed by atoms with Crippen LogP contribution in [0.2, 0.25) is 0 Å². The molecule has 0 aromatic heterocycles. The molecule has 2 aliphatic rings. The largest absolute Gasteiger partial charge is 0.299 e. The Balaban J connectivity index is 1.73. The molecule has 0 radical (unpaired) electrons. The van der Waals surface area contributed by atoms with E-state index in [1.54, 1.807) is 0 Å². The molecule has 84 valence electrons. The summed E-state index contributed by atoms with van der Waals surface area (Å²) in [5.74, 6) is 2.32. The van der Waals surface area contributed by atoms with E-state index in [1.807, 2.05) is 17.8 Å². The third-order valence-corrected chi connectivity index (χ3v) is 4.99. The van der Waals surface area contributed by atoms with Gasteiger partial charge in [0.2, 0.25) is 0 Å². The molecule has 1 heterocycles. The first-order valence-electron chi connectivity index (χ1n) is 6.09. The highest BCUT2D eigenvalue weighted by molar-refractivity contribution is 7.99. The highest BCUT2D eigenvalue weighted by Gasteiger charge is 2.31. The molecule has 1 fully saturated rings. The van der Waals surface area contributed by atoms with Crippen molar-refractivity contribution in [3.8, 4) is 0 Å². The summed E-state index contributed by atoms with van der Waals surface area (Å²) in [7, 11) is 0. The number of hydrogen-bond donors (Lipinski definition) is 0. The number of carbonyl (C=O) groups excluding carboxylic acids is 1. The van der Waals surface area contributed by atoms with Gasteiger partial charge in [0.1, 0.15) is 5.78 Å². The van der Waals surface area contributed by atoms with Crippen molar-refractivity contribution in [2.24, 2.45) is 5.92 Å². The van der Waals surface area contributed by atoms with Gasteiger partial charge in [-0.15, -0.1) is 11.8 Å². The molecule has 0 bridgehead atoms. The number of thioether (sulfide) groups is 1. The van der Waals surface area contributed by atoms with Crippen LogP contribution in [0.3, 0.4) is 0 Å². The third kappa shape index (κ3) is 1.80. The molecule has 1 aliphatic carbocycles. The van der Waals surface area contributed by atoms with Crippen LogP contribution in [0.25, 0.3) is 0 Å². The fourth-order valence-electron chi connectivity index (χ4n) is 2.55. The van der Waals surface area contributed by atoms with Gasteiger partial charge >= 0.3 is 0 Å². The number of ketones is 1. The molecule has 1 aromatic carbocycles. The molecular formula is C14H16OS. The van der Waals surface area contributed by atoms with E-state index in [4.69, 9.17) is 0 Å². The fourth-order valence-corrected chi connectivity index (χ4v) is 3.82. The van der Waals surface area contributed by atoms with Crippen LogP contribution < -0.4 is 0 Å². The van der Waals surface area contributed by atoms with Gasteiger partial charge in [0.25, 0.3) is 0 Å². The van der Waals surface area contributed by atoms with E-state index >= 15 is 0 Å². The van der Waals surface area contributed by atoms with Crippen molar-refractivity contribution < 1.29 is 4.79 Å². The number of hydrogen-bond acceptors (Lipinski definition) is 2. The normalized spacial score (nSPS) is 23.9. The van der Waals surface area contributed by atoms with Crippen molar-refractivity contribution in [1.82, 2.24) is 0 Å². The lowest BCUT2D eigenvalue weighted by Gasteiger charge is -2.25. The summed E-state index contributed by atoms with van der Waals surface area (Å²) in [6.07, 6.45) is 4.69. The highest BCUT2D eigenvalue weighted by Crippen LogP contribution is 2.41. The van der Waals surface area contributed by atoms with Gasteiger partial charge in [-0.3, -0.25) is 4.79 Å². The summed E-state index contributed by atoms with van der Waals surface area (Å²) in [4.78, 5) is 13.5. The minimum atomic E-state index is 0.182. The van der Waals surface area contributed by atoms with Crippen LogP contribution in [0.5, 0.6) is 0 Å². The lowest BCUT2D eigenvalue weighted by atomic mass is 9.79. The quantitative estimate of drug-likeness (QED) is 0.791. The SMILES string of the molecule is O=C(CC1CCC1)C1CSc2ccccc21. The van der Waals surface area contributed by atoms with Crippen molar-refractivity contribution in [1.29, 1.82) is 0 Å². The topological polar surface area (TPSA) is 17.1 Å². The van der Waals surface area contributed by atoms with Gasteiger partial charge in [0, 0.05) is 17.1 Å². The summed E-state index contributed by atoms with van der Waals surface area (Å²) in [5, 5.41) is 0. The minimum Gasteiger partial charge on any atom is -0.299 e. The number of benzene rings is 1. The van der Waals surface area contributed by atoms with Crippen LogP contribution in [-0.4, -0.2) is 11.5 Å². The van der Waals surface area contributed by atoms with Gasteiger partial charge in [0.15, 0.2) is 0 Å². The molecule has 16 heavy (non-hydrogen) atoms. The lowest BCUT2D eigenvalue weighted by molar-refractivity contribution is -0.121. The van der Waals surface area contributed by atoms with Crippen molar-refractivity contribution in [2.75, 3.05) is 5.75 Å². The summed E-state index contributed by atoms with van der Waals surface area (Å²) in [5.41, 5.74) is 1.27. The predicted octanol–water partition coefficient (Wildman–Crippen LogP) is 3.64. The predicted molar refractivity (Wildman–Crippen MR) is 66.9 cm³/mol. The minimum absolute atomic E-state index is 0.182. The van der Waals surface area contributed by atoms with Crippen molar-refractivity contribution in [3.63, 3.8) is 0 Å². The van der Waals surface area contributed by atoms with Crippen molar-refractivity contribution >= 4 is 17.5 Å². The summed E-state index contributed by atoms with van der Waals surface area (Å²) in [6, 6.07) is 8.37. The van der Waals surface area contributed by atoms with Gasteiger partial charge in [0.05, 0.1) is 5.92 Å². The third-order valence-electron chi connectivity index (χ3n) is 3.80. The first-order chi connectivity index (χ1) is 7.84. The maximum absolute atomic E-state index is 12.2. The Morgan fingerprint density at radius 2 is 2.12 bits per heavy atom. The zero-order chi connectivity index (χ0) is 11.0. The Morgan fingerprint density at radius 3 is 2.88 bits per heavy atom. The van der Waals surface area contributed by atoms with E-state index in [-0.39, 0.29) is 5.92 Å². The van der Waals surface area contributed by atoms with Crippen molar-refractivity contribution in [2.45, 2.75) is 36.5 Å². The van der Waals surface area contributed by atoms with E-state index < -0.39 is 0 Å². The molecule has 1 unspecified atom stereocenters. The molecule has 1 atom stereocenters. The van der Waals surface area contributed by atoms with Crippen molar-refractivity contribution in [3.05, 3.63) is 29.8 Å². The zero-order valence-electron chi connectivity index (χ0n) is 9.32. The van der Waals surface area contributed by atoms with Gasteiger partial charge in [-0.1, -0.05) is 37.5 Å². The maximum atomic E-state index is 12.2. The Morgan fingerprint density at radius 1 is 1.31 bits per heavy atom. The molecule has 3 rings (SSSR count). The van der Waals surface area contributed by atoms with E-state index in [0.717, 1.165) is 12.2 Å². The standard InChI is InChI=1S/C14H16OS/c15-13(8-10-4-3-5-10)12-9-16-14-7-2-1-6-11(12)14/h1-2,6-7,10,12H,3-5,8-9H2. The molecule has 2 heteroatoms. The molecular weight excluding hydrogens is 216 g/mol. The molecule has 0 saturated heterocycles. The fraction of sp³-hybridized carbons (Fsp3) is 0.500. The molecule has 0 N–H and O–H groups in total. The van der Waals surface area contributed by atoms with Crippen LogP contribution >= 0.6 is 11.8 Å². The Bertz CT molecular complexity index is 409. The van der Waals surface area contributed by atoms with Crippen LogP contribution in [0.4, 0.5) is 0 Å². The number of Topliss-reactive ketones (excluding diaryl/α,β-unsaturated/α-hetero) is 1. The molecule has 0 spiro atoms. The Hall–Kier alpha value is -0.760. The van der Waals surface area contributed by atoms with E-state index in [0.29, 0.717) is 11.7 Å². The number of carbonyl (C=O) groups is 1.